The minimum Gasteiger partial charge on any atom is -0.872 e. The summed E-state index contributed by atoms with van der Waals surface area (Å²) in [5, 5.41) is 31.9. The van der Waals surface area contributed by atoms with E-state index in [-0.39, 0.29) is 34.6 Å². The molecule has 0 aliphatic heterocycles. The van der Waals surface area contributed by atoms with Crippen LogP contribution in [0.5, 0.6) is 17.2 Å². The normalized spacial score (nSPS) is 9.11. The molecule has 0 fully saturated rings. The van der Waals surface area contributed by atoms with Crippen LogP contribution in [0.4, 0.5) is 0 Å². The standard InChI is InChI=1S/3C8H10O.Al/c3*1-2-7-4-3-5-8(9)6-7;/h3*3-6,9H,2H2,1H3;/q;;;+3/p-3. The molecule has 0 bridgehead atoms. The van der Waals surface area contributed by atoms with Crippen molar-refractivity contribution in [1.29, 1.82) is 0 Å². The molecule has 3 nitrogen and oxygen atoms in total. The van der Waals surface area contributed by atoms with Gasteiger partial charge >= 0.3 is 17.4 Å². The van der Waals surface area contributed by atoms with Gasteiger partial charge in [-0.2, -0.15) is 0 Å². The summed E-state index contributed by atoms with van der Waals surface area (Å²) in [7, 11) is 0. The van der Waals surface area contributed by atoms with Gasteiger partial charge in [-0.25, -0.2) is 0 Å². The van der Waals surface area contributed by atoms with Crippen molar-refractivity contribution in [2.75, 3.05) is 0 Å². The zero-order valence-electron chi connectivity index (χ0n) is 16.9. The third kappa shape index (κ3) is 10.7. The van der Waals surface area contributed by atoms with Gasteiger partial charge in [0, 0.05) is 0 Å². The Labute approximate surface area is 179 Å². The second-order valence-corrected chi connectivity index (χ2v) is 6.00. The van der Waals surface area contributed by atoms with Crippen LogP contribution in [0.2, 0.25) is 0 Å². The predicted molar refractivity (Wildman–Crippen MR) is 112 cm³/mol. The summed E-state index contributed by atoms with van der Waals surface area (Å²) in [6.45, 7) is 6.11. The fourth-order valence-corrected chi connectivity index (χ4v) is 2.30. The second kappa shape index (κ2) is 14.6. The first-order chi connectivity index (χ1) is 13.0. The summed E-state index contributed by atoms with van der Waals surface area (Å²) in [6.07, 6.45) is 2.82. The van der Waals surface area contributed by atoms with Crippen molar-refractivity contribution < 1.29 is 15.3 Å². The average Bonchev–Trinajstić information content (AvgIpc) is 2.69. The molecule has 0 aromatic heterocycles. The van der Waals surface area contributed by atoms with Crippen LogP contribution in [0, 0.1) is 0 Å². The Morgan fingerprint density at radius 1 is 0.500 bits per heavy atom. The van der Waals surface area contributed by atoms with Crippen molar-refractivity contribution in [2.24, 2.45) is 0 Å². The average molecular weight is 390 g/mol. The smallest absolute Gasteiger partial charge is 0.872 e. The van der Waals surface area contributed by atoms with Crippen LogP contribution < -0.4 is 15.3 Å². The van der Waals surface area contributed by atoms with Gasteiger partial charge in [0.25, 0.3) is 0 Å². The first-order valence-electron chi connectivity index (χ1n) is 9.26. The monoisotopic (exact) mass is 390 g/mol. The van der Waals surface area contributed by atoms with E-state index in [2.05, 4.69) is 0 Å². The van der Waals surface area contributed by atoms with E-state index in [1.807, 2.05) is 39.0 Å². The van der Waals surface area contributed by atoms with Crippen molar-refractivity contribution in [2.45, 2.75) is 40.0 Å². The van der Waals surface area contributed by atoms with Crippen molar-refractivity contribution in [1.82, 2.24) is 0 Å². The van der Waals surface area contributed by atoms with E-state index >= 15 is 0 Å². The molecule has 3 aromatic rings. The SMILES string of the molecule is CCc1cccc([O-])c1.CCc1cccc([O-])c1.CCc1cccc([O-])c1.[Al+3]. The molecule has 0 N–H and O–H groups in total. The largest absolute Gasteiger partial charge is 3.00 e. The Morgan fingerprint density at radius 3 is 0.893 bits per heavy atom. The molecular formula is C24H27AlO3. The molecule has 0 atom stereocenters. The topological polar surface area (TPSA) is 69.2 Å². The summed E-state index contributed by atoms with van der Waals surface area (Å²) < 4.78 is 0. The van der Waals surface area contributed by atoms with Crippen LogP contribution in [0.15, 0.2) is 72.8 Å². The van der Waals surface area contributed by atoms with E-state index < -0.39 is 0 Å². The molecule has 0 amide bonds. The maximum Gasteiger partial charge on any atom is 3.00 e. The molecule has 0 aliphatic rings. The Balaban J connectivity index is 0.000000384. The van der Waals surface area contributed by atoms with E-state index in [0.29, 0.717) is 0 Å². The summed E-state index contributed by atoms with van der Waals surface area (Å²) in [5.41, 5.74) is 3.34. The van der Waals surface area contributed by atoms with Gasteiger partial charge in [0.1, 0.15) is 0 Å². The zero-order chi connectivity index (χ0) is 20.1. The van der Waals surface area contributed by atoms with Gasteiger partial charge in [0.05, 0.1) is 0 Å². The van der Waals surface area contributed by atoms with Gasteiger partial charge in [0.15, 0.2) is 0 Å². The molecule has 0 saturated heterocycles. The molecular weight excluding hydrogens is 363 g/mol. The quantitative estimate of drug-likeness (QED) is 0.642. The van der Waals surface area contributed by atoms with Crippen LogP contribution >= 0.6 is 0 Å². The Bertz CT molecular complexity index is 695. The van der Waals surface area contributed by atoms with Crippen LogP contribution in [0.25, 0.3) is 0 Å². The molecule has 0 aliphatic carbocycles. The van der Waals surface area contributed by atoms with Gasteiger partial charge in [-0.05, 0) is 36.0 Å². The first kappa shape index (κ1) is 25.6. The van der Waals surface area contributed by atoms with E-state index in [1.165, 1.54) is 0 Å². The van der Waals surface area contributed by atoms with Crippen LogP contribution in [0.1, 0.15) is 37.5 Å². The Kier molecular flexibility index (Phi) is 13.4. The number of hydrogen-bond donors (Lipinski definition) is 0. The van der Waals surface area contributed by atoms with Crippen molar-refractivity contribution >= 4 is 17.4 Å². The zero-order valence-corrected chi connectivity index (χ0v) is 18.0. The van der Waals surface area contributed by atoms with E-state index in [0.717, 1.165) is 36.0 Å². The molecule has 3 rings (SSSR count). The van der Waals surface area contributed by atoms with Crippen molar-refractivity contribution in [3.8, 4) is 17.2 Å². The van der Waals surface area contributed by atoms with Gasteiger partial charge in [-0.15, -0.1) is 17.2 Å². The number of hydrogen-bond acceptors (Lipinski definition) is 3. The Morgan fingerprint density at radius 2 is 0.750 bits per heavy atom. The van der Waals surface area contributed by atoms with Crippen LogP contribution in [-0.4, -0.2) is 17.4 Å². The first-order valence-corrected chi connectivity index (χ1v) is 9.26. The molecule has 0 unspecified atom stereocenters. The van der Waals surface area contributed by atoms with E-state index in [1.54, 1.807) is 54.6 Å². The van der Waals surface area contributed by atoms with E-state index in [9.17, 15) is 15.3 Å². The molecule has 28 heavy (non-hydrogen) atoms. The maximum absolute atomic E-state index is 10.6. The second-order valence-electron chi connectivity index (χ2n) is 6.00. The molecule has 0 spiro atoms. The van der Waals surface area contributed by atoms with E-state index in [4.69, 9.17) is 0 Å². The number of aryl methyl sites for hydroxylation is 3. The molecule has 144 valence electrons. The number of benzene rings is 3. The third-order valence-corrected chi connectivity index (χ3v) is 3.92. The molecule has 3 aromatic carbocycles. The maximum atomic E-state index is 10.6. The molecule has 0 radical (unpaired) electrons. The molecule has 4 heteroatoms. The fraction of sp³-hybridized carbons (Fsp3) is 0.250. The minimum absolute atomic E-state index is 0. The summed E-state index contributed by atoms with van der Waals surface area (Å²) in [4.78, 5) is 0. The number of rotatable bonds is 3. The summed E-state index contributed by atoms with van der Waals surface area (Å²) >= 11 is 0. The van der Waals surface area contributed by atoms with Crippen molar-refractivity contribution in [3.63, 3.8) is 0 Å². The molecule has 0 heterocycles. The fourth-order valence-electron chi connectivity index (χ4n) is 2.30. The summed E-state index contributed by atoms with van der Waals surface area (Å²) in [6, 6.07) is 21.0. The van der Waals surface area contributed by atoms with Crippen molar-refractivity contribution in [3.05, 3.63) is 89.5 Å². The van der Waals surface area contributed by atoms with Gasteiger partial charge in [0.2, 0.25) is 0 Å². The van der Waals surface area contributed by atoms with Gasteiger partial charge < -0.3 is 15.3 Å². The van der Waals surface area contributed by atoms with Gasteiger partial charge in [-0.3, -0.25) is 0 Å². The molecule has 0 saturated carbocycles. The minimum atomic E-state index is 0. The Hall–Kier alpha value is -2.41. The van der Waals surface area contributed by atoms with Crippen LogP contribution in [-0.2, 0) is 19.3 Å². The predicted octanol–water partition coefficient (Wildman–Crippen LogP) is 3.59. The summed E-state index contributed by atoms with van der Waals surface area (Å²) in [5.74, 6) is 0.318. The van der Waals surface area contributed by atoms with Crippen LogP contribution in [0.3, 0.4) is 0 Å². The van der Waals surface area contributed by atoms with Gasteiger partial charge in [-0.1, -0.05) is 93.6 Å². The third-order valence-electron chi connectivity index (χ3n) is 3.92.